The monoisotopic (exact) mass is 298 g/mol. The molecule has 0 bridgehead atoms. The lowest BCUT2D eigenvalue weighted by Crippen LogP contribution is -2.10. The SMILES string of the molecule is COc1cc2c(cc1F)[nH]c(=S)n2CC1CCSC1. The summed E-state index contributed by atoms with van der Waals surface area (Å²) in [5.74, 6) is 2.93. The maximum atomic E-state index is 13.7. The highest BCUT2D eigenvalue weighted by atomic mass is 32.2. The van der Waals surface area contributed by atoms with E-state index in [0.717, 1.165) is 17.6 Å². The van der Waals surface area contributed by atoms with Gasteiger partial charge in [-0.1, -0.05) is 0 Å². The predicted octanol–water partition coefficient (Wildman–Crippen LogP) is 3.60. The number of H-pyrrole nitrogens is 1. The second kappa shape index (κ2) is 5.17. The largest absolute Gasteiger partial charge is 0.494 e. The van der Waals surface area contributed by atoms with E-state index in [1.807, 2.05) is 11.8 Å². The fourth-order valence-electron chi connectivity index (χ4n) is 2.48. The molecule has 0 aliphatic carbocycles. The molecule has 2 aromatic rings. The second-order valence-corrected chi connectivity index (χ2v) is 6.31. The van der Waals surface area contributed by atoms with Crippen molar-refractivity contribution in [3.63, 3.8) is 0 Å². The molecule has 1 saturated heterocycles. The Balaban J connectivity index is 2.06. The van der Waals surface area contributed by atoms with Crippen LogP contribution in [0, 0.1) is 16.5 Å². The van der Waals surface area contributed by atoms with Gasteiger partial charge in [0.15, 0.2) is 16.3 Å². The number of hydrogen-bond donors (Lipinski definition) is 1. The smallest absolute Gasteiger partial charge is 0.178 e. The van der Waals surface area contributed by atoms with Gasteiger partial charge in [-0.05, 0) is 36.1 Å². The molecular weight excluding hydrogens is 283 g/mol. The van der Waals surface area contributed by atoms with Gasteiger partial charge in [-0.3, -0.25) is 0 Å². The van der Waals surface area contributed by atoms with E-state index in [4.69, 9.17) is 17.0 Å². The summed E-state index contributed by atoms with van der Waals surface area (Å²) in [6.45, 7) is 0.890. The molecule has 19 heavy (non-hydrogen) atoms. The summed E-state index contributed by atoms with van der Waals surface area (Å²) in [6, 6.07) is 3.17. The van der Waals surface area contributed by atoms with E-state index in [-0.39, 0.29) is 11.6 Å². The van der Waals surface area contributed by atoms with E-state index in [1.54, 1.807) is 6.07 Å². The number of nitrogens with one attached hydrogen (secondary N) is 1. The van der Waals surface area contributed by atoms with E-state index in [2.05, 4.69) is 9.55 Å². The molecule has 3 nitrogen and oxygen atoms in total. The van der Waals surface area contributed by atoms with Crippen molar-refractivity contribution >= 4 is 35.0 Å². The number of nitrogens with zero attached hydrogens (tertiary/aromatic N) is 1. The predicted molar refractivity (Wildman–Crippen MR) is 79.1 cm³/mol. The van der Waals surface area contributed by atoms with E-state index in [9.17, 15) is 4.39 Å². The average Bonchev–Trinajstić information content (AvgIpc) is 2.98. The van der Waals surface area contributed by atoms with Gasteiger partial charge in [-0.15, -0.1) is 0 Å². The van der Waals surface area contributed by atoms with Crippen LogP contribution in [-0.2, 0) is 6.54 Å². The van der Waals surface area contributed by atoms with Crippen molar-refractivity contribution in [3.05, 3.63) is 22.7 Å². The molecule has 0 spiro atoms. The number of thioether (sulfide) groups is 1. The fourth-order valence-corrected chi connectivity index (χ4v) is 4.04. The number of aromatic amines is 1. The summed E-state index contributed by atoms with van der Waals surface area (Å²) >= 11 is 7.33. The van der Waals surface area contributed by atoms with E-state index >= 15 is 0 Å². The molecular formula is C13H15FN2OS2. The molecule has 1 aromatic carbocycles. The summed E-state index contributed by atoms with van der Waals surface area (Å²) < 4.78 is 21.4. The number of methoxy groups -OCH3 is 1. The first-order valence-corrected chi connectivity index (χ1v) is 7.79. The zero-order chi connectivity index (χ0) is 13.4. The van der Waals surface area contributed by atoms with Crippen molar-refractivity contribution < 1.29 is 9.13 Å². The Hall–Kier alpha value is -1.01. The summed E-state index contributed by atoms with van der Waals surface area (Å²) in [4.78, 5) is 3.07. The molecule has 1 atom stereocenters. The van der Waals surface area contributed by atoms with Crippen LogP contribution in [0.5, 0.6) is 5.75 Å². The number of benzene rings is 1. The van der Waals surface area contributed by atoms with E-state index < -0.39 is 0 Å². The quantitative estimate of drug-likeness (QED) is 0.878. The van der Waals surface area contributed by atoms with Crippen LogP contribution in [0.3, 0.4) is 0 Å². The number of aromatic nitrogens is 2. The van der Waals surface area contributed by atoms with Gasteiger partial charge in [0.2, 0.25) is 0 Å². The van der Waals surface area contributed by atoms with Gasteiger partial charge in [0.1, 0.15) is 0 Å². The Morgan fingerprint density at radius 1 is 1.58 bits per heavy atom. The van der Waals surface area contributed by atoms with Crippen molar-refractivity contribution in [1.29, 1.82) is 0 Å². The molecule has 3 rings (SSSR count). The van der Waals surface area contributed by atoms with Crippen molar-refractivity contribution in [2.24, 2.45) is 5.92 Å². The molecule has 6 heteroatoms. The number of fused-ring (bicyclic) bond motifs is 1. The third kappa shape index (κ3) is 2.39. The van der Waals surface area contributed by atoms with E-state index in [0.29, 0.717) is 10.7 Å². The van der Waals surface area contributed by atoms with Gasteiger partial charge >= 0.3 is 0 Å². The van der Waals surface area contributed by atoms with Crippen LogP contribution < -0.4 is 4.74 Å². The van der Waals surface area contributed by atoms with Gasteiger partial charge in [0.05, 0.1) is 18.1 Å². The zero-order valence-corrected chi connectivity index (χ0v) is 12.2. The van der Waals surface area contributed by atoms with Crippen LogP contribution >= 0.6 is 24.0 Å². The number of rotatable bonds is 3. The number of imidazole rings is 1. The summed E-state index contributed by atoms with van der Waals surface area (Å²) in [5.41, 5.74) is 1.65. The Labute approximate surface area is 120 Å². The molecule has 102 valence electrons. The molecule has 1 aliphatic heterocycles. The topological polar surface area (TPSA) is 29.9 Å². The minimum Gasteiger partial charge on any atom is -0.494 e. The lowest BCUT2D eigenvalue weighted by atomic mass is 10.1. The molecule has 1 fully saturated rings. The van der Waals surface area contributed by atoms with Gasteiger partial charge in [0, 0.05) is 18.7 Å². The number of hydrogen-bond acceptors (Lipinski definition) is 3. The van der Waals surface area contributed by atoms with Crippen molar-refractivity contribution in [1.82, 2.24) is 9.55 Å². The molecule has 0 amide bonds. The first-order valence-electron chi connectivity index (χ1n) is 6.23. The fraction of sp³-hybridized carbons (Fsp3) is 0.462. The Kier molecular flexibility index (Phi) is 3.54. The Morgan fingerprint density at radius 3 is 3.11 bits per heavy atom. The van der Waals surface area contributed by atoms with Crippen molar-refractivity contribution in [2.75, 3.05) is 18.6 Å². The van der Waals surface area contributed by atoms with Gasteiger partial charge in [-0.2, -0.15) is 11.8 Å². The third-order valence-corrected chi connectivity index (χ3v) is 5.07. The molecule has 0 radical (unpaired) electrons. The van der Waals surface area contributed by atoms with Crippen LogP contribution in [0.15, 0.2) is 12.1 Å². The zero-order valence-electron chi connectivity index (χ0n) is 10.6. The molecule has 1 aromatic heterocycles. The Bertz CT molecular complexity index is 658. The van der Waals surface area contributed by atoms with Crippen LogP contribution in [0.25, 0.3) is 11.0 Å². The first kappa shape index (κ1) is 13.0. The minimum absolute atomic E-state index is 0.260. The normalized spacial score (nSPS) is 19.2. The lowest BCUT2D eigenvalue weighted by molar-refractivity contribution is 0.387. The maximum Gasteiger partial charge on any atom is 0.178 e. The van der Waals surface area contributed by atoms with Crippen LogP contribution in [0.4, 0.5) is 4.39 Å². The number of halogens is 1. The Morgan fingerprint density at radius 2 is 2.42 bits per heavy atom. The van der Waals surface area contributed by atoms with Gasteiger partial charge in [0.25, 0.3) is 0 Å². The standard InChI is InChI=1S/C13H15FN2OS2/c1-17-12-5-11-10(4-9(12)14)15-13(18)16(11)6-8-2-3-19-7-8/h4-5,8H,2-3,6-7H2,1H3,(H,15,18). The molecule has 1 N–H and O–H groups in total. The first-order chi connectivity index (χ1) is 9.19. The molecule has 1 unspecified atom stereocenters. The van der Waals surface area contributed by atoms with Crippen molar-refractivity contribution in [3.8, 4) is 5.75 Å². The van der Waals surface area contributed by atoms with Crippen LogP contribution in [0.2, 0.25) is 0 Å². The average molecular weight is 298 g/mol. The highest BCUT2D eigenvalue weighted by Gasteiger charge is 2.18. The molecule has 0 saturated carbocycles. The molecule has 1 aliphatic rings. The van der Waals surface area contributed by atoms with Gasteiger partial charge in [-0.25, -0.2) is 4.39 Å². The number of ether oxygens (including phenoxy) is 1. The minimum atomic E-state index is -0.366. The van der Waals surface area contributed by atoms with E-state index in [1.165, 1.54) is 31.1 Å². The summed E-state index contributed by atoms with van der Waals surface area (Å²) in [6.07, 6.45) is 1.22. The van der Waals surface area contributed by atoms with Crippen molar-refractivity contribution in [2.45, 2.75) is 13.0 Å². The maximum absolute atomic E-state index is 13.7. The second-order valence-electron chi connectivity index (χ2n) is 4.77. The summed E-state index contributed by atoms with van der Waals surface area (Å²) in [7, 11) is 1.48. The lowest BCUT2D eigenvalue weighted by Gasteiger charge is -2.11. The summed E-state index contributed by atoms with van der Waals surface area (Å²) in [5, 5.41) is 0. The highest BCUT2D eigenvalue weighted by molar-refractivity contribution is 7.99. The molecule has 2 heterocycles. The van der Waals surface area contributed by atoms with Crippen LogP contribution in [0.1, 0.15) is 6.42 Å². The third-order valence-electron chi connectivity index (χ3n) is 3.51. The van der Waals surface area contributed by atoms with Gasteiger partial charge < -0.3 is 14.3 Å². The highest BCUT2D eigenvalue weighted by Crippen LogP contribution is 2.28. The van der Waals surface area contributed by atoms with Crippen LogP contribution in [-0.4, -0.2) is 28.2 Å².